The summed E-state index contributed by atoms with van der Waals surface area (Å²) in [5.74, 6) is 3.07. The number of fused-ring (bicyclic) bond motifs is 3. The van der Waals surface area contributed by atoms with Gasteiger partial charge in [0.15, 0.2) is 0 Å². The molecule has 0 fully saturated rings. The minimum absolute atomic E-state index is 0.328. The third-order valence-corrected chi connectivity index (χ3v) is 6.89. The Bertz CT molecular complexity index is 1010. The number of thiophene rings is 1. The lowest BCUT2D eigenvalue weighted by molar-refractivity contribution is 0.218. The number of methoxy groups -OCH3 is 2. The highest BCUT2D eigenvalue weighted by molar-refractivity contribution is 7.19. The molecule has 1 atom stereocenters. The number of aryl methyl sites for hydroxylation is 1. The summed E-state index contributed by atoms with van der Waals surface area (Å²) in [6.45, 7) is 7.04. The van der Waals surface area contributed by atoms with Gasteiger partial charge in [0.2, 0.25) is 0 Å². The Morgan fingerprint density at radius 1 is 1.14 bits per heavy atom. The van der Waals surface area contributed by atoms with Crippen LogP contribution in [0.5, 0.6) is 11.5 Å². The Morgan fingerprint density at radius 3 is 2.68 bits per heavy atom. The maximum absolute atomic E-state index is 5.52. The van der Waals surface area contributed by atoms with Crippen LogP contribution in [0.25, 0.3) is 10.2 Å². The molecule has 3 aromatic rings. The van der Waals surface area contributed by atoms with Gasteiger partial charge in [-0.25, -0.2) is 9.97 Å². The fourth-order valence-corrected chi connectivity index (χ4v) is 5.25. The average Bonchev–Trinajstić information content (AvgIpc) is 3.06. The van der Waals surface area contributed by atoms with Gasteiger partial charge in [0, 0.05) is 10.9 Å². The number of hydrogen-bond donors (Lipinski definition) is 1. The topological polar surface area (TPSA) is 56.3 Å². The van der Waals surface area contributed by atoms with Gasteiger partial charge in [0.05, 0.1) is 25.3 Å². The van der Waals surface area contributed by atoms with Crippen molar-refractivity contribution in [3.8, 4) is 11.5 Å². The van der Waals surface area contributed by atoms with E-state index in [1.165, 1.54) is 16.9 Å². The van der Waals surface area contributed by atoms with E-state index in [0.717, 1.165) is 46.1 Å². The van der Waals surface area contributed by atoms with Crippen LogP contribution in [0.15, 0.2) is 24.5 Å². The van der Waals surface area contributed by atoms with E-state index in [4.69, 9.17) is 9.47 Å². The van der Waals surface area contributed by atoms with Gasteiger partial charge in [0.25, 0.3) is 0 Å². The Morgan fingerprint density at radius 2 is 1.96 bits per heavy atom. The molecule has 2 aromatic heterocycles. The quantitative estimate of drug-likeness (QED) is 0.621. The monoisotopic (exact) mass is 397 g/mol. The first-order valence-electron chi connectivity index (χ1n) is 9.65. The van der Waals surface area contributed by atoms with Crippen molar-refractivity contribution in [1.82, 2.24) is 9.97 Å². The van der Waals surface area contributed by atoms with Crippen molar-refractivity contribution in [3.05, 3.63) is 35.0 Å². The molecule has 1 aromatic carbocycles. The van der Waals surface area contributed by atoms with E-state index < -0.39 is 0 Å². The van der Waals surface area contributed by atoms with Gasteiger partial charge in [0.1, 0.15) is 28.5 Å². The predicted molar refractivity (Wildman–Crippen MR) is 115 cm³/mol. The second-order valence-electron chi connectivity index (χ2n) is 8.40. The van der Waals surface area contributed by atoms with E-state index in [1.807, 2.05) is 29.5 Å². The third-order valence-electron chi connectivity index (χ3n) is 5.73. The highest BCUT2D eigenvalue weighted by atomic mass is 32.1. The van der Waals surface area contributed by atoms with Crippen molar-refractivity contribution in [1.29, 1.82) is 0 Å². The number of nitrogens with one attached hydrogen (secondary N) is 1. The van der Waals surface area contributed by atoms with Gasteiger partial charge in [-0.2, -0.15) is 0 Å². The zero-order valence-electron chi connectivity index (χ0n) is 17.1. The van der Waals surface area contributed by atoms with Crippen molar-refractivity contribution >= 4 is 33.1 Å². The number of benzene rings is 1. The maximum atomic E-state index is 5.52. The molecule has 0 aliphatic heterocycles. The summed E-state index contributed by atoms with van der Waals surface area (Å²) < 4.78 is 10.9. The van der Waals surface area contributed by atoms with Crippen LogP contribution in [-0.4, -0.2) is 24.2 Å². The largest absolute Gasteiger partial charge is 0.497 e. The Balaban J connectivity index is 1.75. The van der Waals surface area contributed by atoms with Gasteiger partial charge in [-0.05, 0) is 48.3 Å². The van der Waals surface area contributed by atoms with E-state index in [1.54, 1.807) is 20.5 Å². The molecule has 0 saturated carbocycles. The summed E-state index contributed by atoms with van der Waals surface area (Å²) in [5.41, 5.74) is 2.57. The van der Waals surface area contributed by atoms with E-state index in [-0.39, 0.29) is 0 Å². The molecular formula is C22H27N3O2S. The number of rotatable bonds is 4. The van der Waals surface area contributed by atoms with Gasteiger partial charge in [-0.1, -0.05) is 20.8 Å². The number of hydrogen-bond acceptors (Lipinski definition) is 6. The van der Waals surface area contributed by atoms with Crippen LogP contribution in [0.1, 0.15) is 37.6 Å². The zero-order chi connectivity index (χ0) is 19.9. The lowest BCUT2D eigenvalue weighted by Crippen LogP contribution is -2.26. The van der Waals surface area contributed by atoms with Crippen LogP contribution in [0.2, 0.25) is 0 Å². The van der Waals surface area contributed by atoms with Crippen molar-refractivity contribution in [2.45, 2.75) is 40.0 Å². The smallest absolute Gasteiger partial charge is 0.142 e. The summed E-state index contributed by atoms with van der Waals surface area (Å²) >= 11 is 1.81. The van der Waals surface area contributed by atoms with Crippen LogP contribution >= 0.6 is 11.3 Å². The summed E-state index contributed by atoms with van der Waals surface area (Å²) in [6, 6.07) is 5.72. The molecule has 1 unspecified atom stereocenters. The van der Waals surface area contributed by atoms with Gasteiger partial charge >= 0.3 is 0 Å². The van der Waals surface area contributed by atoms with Crippen LogP contribution < -0.4 is 14.8 Å². The highest BCUT2D eigenvalue weighted by Gasteiger charge is 2.31. The fourth-order valence-electron chi connectivity index (χ4n) is 3.98. The number of nitrogens with zero attached hydrogens (tertiary/aromatic N) is 2. The number of aromatic nitrogens is 2. The fraction of sp³-hybridized carbons (Fsp3) is 0.455. The van der Waals surface area contributed by atoms with Crippen LogP contribution in [0, 0.1) is 11.3 Å². The van der Waals surface area contributed by atoms with Crippen molar-refractivity contribution < 1.29 is 9.47 Å². The summed E-state index contributed by atoms with van der Waals surface area (Å²) in [6.07, 6.45) is 5.05. The molecule has 1 aliphatic carbocycles. The number of ether oxygens (including phenoxy) is 2. The van der Waals surface area contributed by atoms with E-state index in [0.29, 0.717) is 11.3 Å². The molecule has 1 aliphatic rings. The van der Waals surface area contributed by atoms with Crippen LogP contribution in [-0.2, 0) is 12.8 Å². The molecule has 5 nitrogen and oxygen atoms in total. The van der Waals surface area contributed by atoms with Crippen LogP contribution in [0.4, 0.5) is 11.5 Å². The van der Waals surface area contributed by atoms with E-state index in [2.05, 4.69) is 36.1 Å². The third kappa shape index (κ3) is 3.41. The molecule has 0 spiro atoms. The summed E-state index contributed by atoms with van der Waals surface area (Å²) in [4.78, 5) is 11.6. The molecule has 1 N–H and O–H groups in total. The molecule has 0 amide bonds. The lowest BCUT2D eigenvalue weighted by atomic mass is 9.72. The summed E-state index contributed by atoms with van der Waals surface area (Å²) in [5, 5.41) is 4.62. The predicted octanol–water partition coefficient (Wildman–Crippen LogP) is 5.60. The molecule has 0 radical (unpaired) electrons. The molecule has 0 saturated heterocycles. The summed E-state index contributed by atoms with van der Waals surface area (Å²) in [7, 11) is 3.33. The highest BCUT2D eigenvalue weighted by Crippen LogP contribution is 2.45. The molecule has 6 heteroatoms. The first-order chi connectivity index (χ1) is 13.4. The van der Waals surface area contributed by atoms with E-state index >= 15 is 0 Å². The second kappa shape index (κ2) is 7.24. The SMILES string of the molecule is COc1ccc(OC)c(Nc2ncnc3sc4c(c23)CCC(C(C)(C)C)C4)c1. The standard InChI is InChI=1S/C22H27N3O2S/c1-22(2,3)13-6-8-15-18(10-13)28-21-19(15)20(23-12-24-21)25-16-11-14(26-4)7-9-17(16)27-5/h7,9,11-13H,6,8,10H2,1-5H3,(H,23,24,25). The number of anilines is 2. The van der Waals surface area contributed by atoms with Gasteiger partial charge in [-0.15, -0.1) is 11.3 Å². The average molecular weight is 398 g/mol. The van der Waals surface area contributed by atoms with Gasteiger partial charge < -0.3 is 14.8 Å². The lowest BCUT2D eigenvalue weighted by Gasteiger charge is -2.33. The first-order valence-corrected chi connectivity index (χ1v) is 10.5. The normalized spacial score (nSPS) is 16.7. The van der Waals surface area contributed by atoms with E-state index in [9.17, 15) is 0 Å². The Labute approximate surface area is 170 Å². The van der Waals surface area contributed by atoms with Crippen molar-refractivity contribution in [2.24, 2.45) is 11.3 Å². The molecule has 148 valence electrons. The molecule has 0 bridgehead atoms. The maximum Gasteiger partial charge on any atom is 0.142 e. The minimum atomic E-state index is 0.328. The minimum Gasteiger partial charge on any atom is -0.497 e. The Kier molecular flexibility index (Phi) is 4.91. The van der Waals surface area contributed by atoms with Crippen molar-refractivity contribution in [2.75, 3.05) is 19.5 Å². The molecular weight excluding hydrogens is 370 g/mol. The zero-order valence-corrected chi connectivity index (χ0v) is 17.9. The van der Waals surface area contributed by atoms with Gasteiger partial charge in [-0.3, -0.25) is 0 Å². The van der Waals surface area contributed by atoms with Crippen molar-refractivity contribution in [3.63, 3.8) is 0 Å². The van der Waals surface area contributed by atoms with Crippen LogP contribution in [0.3, 0.4) is 0 Å². The molecule has 4 rings (SSSR count). The molecule has 28 heavy (non-hydrogen) atoms. The second-order valence-corrected chi connectivity index (χ2v) is 9.49. The first kappa shape index (κ1) is 19.0. The molecule has 2 heterocycles. The Hall–Kier alpha value is -2.34.